The van der Waals surface area contributed by atoms with Crippen molar-refractivity contribution in [1.82, 2.24) is 14.7 Å². The molecule has 2 aromatic carbocycles. The average Bonchev–Trinajstić information content (AvgIpc) is 3.25. The number of esters is 1. The summed E-state index contributed by atoms with van der Waals surface area (Å²) in [5, 5.41) is 14.3. The number of nitrogens with zero attached hydrogens (tertiary/aromatic N) is 2. The Bertz CT molecular complexity index is 1380. The van der Waals surface area contributed by atoms with Crippen LogP contribution in [0.5, 0.6) is 0 Å². The van der Waals surface area contributed by atoms with Gasteiger partial charge < -0.3 is 20.1 Å². The zero-order valence-electron chi connectivity index (χ0n) is 24.6. The first-order chi connectivity index (χ1) is 20.0. The summed E-state index contributed by atoms with van der Waals surface area (Å²) in [4.78, 5) is 55.9. The summed E-state index contributed by atoms with van der Waals surface area (Å²) in [6.07, 6.45) is 3.86. The number of carbonyl (C=O) groups is 4. The van der Waals surface area contributed by atoms with Crippen LogP contribution in [-0.2, 0) is 25.7 Å². The molecule has 0 aromatic heterocycles. The minimum absolute atomic E-state index is 0.0170. The predicted octanol–water partition coefficient (Wildman–Crippen LogP) is 5.89. The molecule has 1 heterocycles. The van der Waals surface area contributed by atoms with Crippen LogP contribution in [0.3, 0.4) is 0 Å². The Balaban J connectivity index is 2.05. The maximum atomic E-state index is 14.3. The Hall–Kier alpha value is -3.69. The Labute approximate surface area is 251 Å². The van der Waals surface area contributed by atoms with Crippen molar-refractivity contribution >= 4 is 47.2 Å². The van der Waals surface area contributed by atoms with Crippen LogP contribution < -0.4 is 9.80 Å². The highest BCUT2D eigenvalue weighted by atomic mass is 35.5. The maximum absolute atomic E-state index is 14.3. The number of amides is 3. The Morgan fingerprint density at radius 1 is 1.12 bits per heavy atom. The molecule has 2 aromatic rings. The standard InChI is InChI=1S/C32H38ClN3O6/c1-5-42-30(39)28-26(24-17-16-22(33)18-25(24)36(28,31(40)41)32(2,3)4)27(29(38)34-23-14-10-7-11-15-23)35(20-37)19-21-12-8-6-9-13-21/h6,8-9,12-13,16-18,20,23,27H,5,7,10-11,14-15,19H2,1-4H3,(H-,34,38,40,41)/p+1. The fraction of sp³-hybridized carbons (Fsp3) is 0.438. The van der Waals surface area contributed by atoms with Gasteiger partial charge in [0.25, 0.3) is 0 Å². The van der Waals surface area contributed by atoms with Gasteiger partial charge in [-0.3, -0.25) is 9.59 Å². The molecule has 0 spiro atoms. The van der Waals surface area contributed by atoms with Crippen molar-refractivity contribution in [2.45, 2.75) is 84.0 Å². The molecular formula is C32H39ClN3O6+. The van der Waals surface area contributed by atoms with Crippen LogP contribution in [-0.4, -0.2) is 58.6 Å². The van der Waals surface area contributed by atoms with Crippen LogP contribution in [0.2, 0.25) is 5.02 Å². The van der Waals surface area contributed by atoms with Gasteiger partial charge in [-0.1, -0.05) is 61.2 Å². The number of carbonyl (C=O) groups excluding carboxylic acids is 3. The van der Waals surface area contributed by atoms with Crippen LogP contribution in [0.1, 0.15) is 70.9 Å². The quantitative estimate of drug-likeness (QED) is 0.212. The van der Waals surface area contributed by atoms with E-state index in [1.807, 2.05) is 30.3 Å². The van der Waals surface area contributed by atoms with Crippen LogP contribution in [0.25, 0.3) is 5.57 Å². The molecule has 2 atom stereocenters. The van der Waals surface area contributed by atoms with Crippen LogP contribution in [0.15, 0.2) is 54.2 Å². The number of hydrogen-bond acceptors (Lipinski definition) is 5. The molecule has 0 saturated heterocycles. The molecule has 4 rings (SSSR count). The Kier molecular flexibility index (Phi) is 9.43. The number of halogens is 1. The Morgan fingerprint density at radius 3 is 2.36 bits per heavy atom. The molecular weight excluding hydrogens is 558 g/mol. The normalized spacial score (nSPS) is 19.5. The van der Waals surface area contributed by atoms with Crippen LogP contribution in [0.4, 0.5) is 10.5 Å². The molecule has 2 N–H and O–H groups in total. The summed E-state index contributed by atoms with van der Waals surface area (Å²) in [6.45, 7) is 6.77. The summed E-state index contributed by atoms with van der Waals surface area (Å²) < 4.78 is 4.53. The third-order valence-corrected chi connectivity index (χ3v) is 8.35. The molecule has 1 fully saturated rings. The lowest BCUT2D eigenvalue weighted by molar-refractivity contribution is -0.140. The predicted molar refractivity (Wildman–Crippen MR) is 161 cm³/mol. The lowest BCUT2D eigenvalue weighted by Gasteiger charge is -2.41. The van der Waals surface area contributed by atoms with Crippen molar-refractivity contribution in [3.8, 4) is 0 Å². The van der Waals surface area contributed by atoms with Gasteiger partial charge in [-0.15, -0.1) is 4.48 Å². The molecule has 1 aliphatic carbocycles. The van der Waals surface area contributed by atoms with Crippen LogP contribution >= 0.6 is 11.6 Å². The molecule has 1 saturated carbocycles. The molecule has 0 bridgehead atoms. The largest absolute Gasteiger partial charge is 0.524 e. The highest BCUT2D eigenvalue weighted by molar-refractivity contribution is 6.31. The van der Waals surface area contributed by atoms with E-state index in [1.54, 1.807) is 39.8 Å². The van der Waals surface area contributed by atoms with E-state index in [0.29, 0.717) is 12.0 Å². The monoisotopic (exact) mass is 596 g/mol. The third-order valence-electron chi connectivity index (χ3n) is 8.11. The van der Waals surface area contributed by atoms with E-state index in [2.05, 4.69) is 5.32 Å². The van der Waals surface area contributed by atoms with Crippen molar-refractivity contribution in [2.24, 2.45) is 0 Å². The zero-order valence-corrected chi connectivity index (χ0v) is 25.3. The second kappa shape index (κ2) is 12.7. The van der Waals surface area contributed by atoms with Gasteiger partial charge in [0, 0.05) is 29.2 Å². The van der Waals surface area contributed by atoms with E-state index in [4.69, 9.17) is 16.3 Å². The fourth-order valence-electron chi connectivity index (χ4n) is 6.30. The summed E-state index contributed by atoms with van der Waals surface area (Å²) in [5.74, 6) is -1.36. The second-order valence-electron chi connectivity index (χ2n) is 11.8. The highest BCUT2D eigenvalue weighted by Crippen LogP contribution is 2.53. The first-order valence-electron chi connectivity index (χ1n) is 14.4. The highest BCUT2D eigenvalue weighted by Gasteiger charge is 2.64. The SMILES string of the molecule is CCOC(=O)C1=C(C(C(=O)NC2CCCCC2)N(C=O)Cc2ccccc2)c2ccc(Cl)cc2[N+]1(C(=O)O)C(C)(C)C. The summed E-state index contributed by atoms with van der Waals surface area (Å²) in [7, 11) is 0. The van der Waals surface area contributed by atoms with E-state index in [1.165, 1.54) is 11.0 Å². The third kappa shape index (κ3) is 5.68. The maximum Gasteiger partial charge on any atom is 0.524 e. The summed E-state index contributed by atoms with van der Waals surface area (Å²) in [5.41, 5.74) is 0.101. The number of carboxylic acid groups (broad SMARTS) is 1. The number of hydrogen-bond donors (Lipinski definition) is 2. The topological polar surface area (TPSA) is 113 Å². The lowest BCUT2D eigenvalue weighted by atomic mass is 9.92. The van der Waals surface area contributed by atoms with Gasteiger partial charge in [0.1, 0.15) is 11.6 Å². The van der Waals surface area contributed by atoms with E-state index >= 15 is 0 Å². The van der Waals surface area contributed by atoms with E-state index in [9.17, 15) is 24.3 Å². The fourth-order valence-corrected chi connectivity index (χ4v) is 6.47. The van der Waals surface area contributed by atoms with Crippen molar-refractivity contribution in [3.63, 3.8) is 0 Å². The van der Waals surface area contributed by atoms with Gasteiger partial charge in [0.2, 0.25) is 18.0 Å². The average molecular weight is 597 g/mol. The molecule has 1 aliphatic heterocycles. The first-order valence-corrected chi connectivity index (χ1v) is 14.8. The molecule has 9 nitrogen and oxygen atoms in total. The Morgan fingerprint density at radius 2 is 1.79 bits per heavy atom. The number of nitrogens with one attached hydrogen (secondary N) is 1. The zero-order chi connectivity index (χ0) is 30.7. The van der Waals surface area contributed by atoms with Crippen molar-refractivity contribution in [1.29, 1.82) is 0 Å². The summed E-state index contributed by atoms with van der Waals surface area (Å²) in [6, 6.07) is 12.5. The molecule has 10 heteroatoms. The van der Waals surface area contributed by atoms with Gasteiger partial charge in [-0.25, -0.2) is 4.79 Å². The molecule has 3 amide bonds. The molecule has 224 valence electrons. The van der Waals surface area contributed by atoms with Crippen LogP contribution in [0, 0.1) is 0 Å². The molecule has 2 unspecified atom stereocenters. The van der Waals surface area contributed by atoms with Gasteiger partial charge in [0.15, 0.2) is 5.69 Å². The van der Waals surface area contributed by atoms with Crippen molar-refractivity contribution in [3.05, 3.63) is 70.4 Å². The van der Waals surface area contributed by atoms with Crippen molar-refractivity contribution in [2.75, 3.05) is 6.61 Å². The van der Waals surface area contributed by atoms with E-state index in [-0.39, 0.29) is 41.2 Å². The van der Waals surface area contributed by atoms with E-state index in [0.717, 1.165) is 37.7 Å². The lowest BCUT2D eigenvalue weighted by Crippen LogP contribution is -2.64. The minimum atomic E-state index is -1.34. The minimum Gasteiger partial charge on any atom is -0.458 e. The number of benzene rings is 2. The first kappa shape index (κ1) is 31.3. The number of rotatable bonds is 9. The molecule has 0 radical (unpaired) electrons. The van der Waals surface area contributed by atoms with Gasteiger partial charge >= 0.3 is 12.1 Å². The van der Waals surface area contributed by atoms with Crippen molar-refractivity contribution < 1.29 is 29.0 Å². The number of ether oxygens (including phenoxy) is 1. The second-order valence-corrected chi connectivity index (χ2v) is 12.2. The van der Waals surface area contributed by atoms with E-state index < -0.39 is 34.0 Å². The number of quaternary nitrogens is 1. The smallest absolute Gasteiger partial charge is 0.458 e. The van der Waals surface area contributed by atoms with Gasteiger partial charge in [0.05, 0.1) is 12.2 Å². The molecule has 42 heavy (non-hydrogen) atoms. The number of fused-ring (bicyclic) bond motifs is 1. The summed E-state index contributed by atoms with van der Waals surface area (Å²) >= 11 is 6.43. The molecule has 2 aliphatic rings. The van der Waals surface area contributed by atoms with Gasteiger partial charge in [-0.05, 0) is 58.2 Å². The van der Waals surface area contributed by atoms with Gasteiger partial charge in [-0.2, -0.15) is 4.79 Å².